The van der Waals surface area contributed by atoms with Crippen molar-refractivity contribution in [2.24, 2.45) is 0 Å². The molecule has 130 valence electrons. The summed E-state index contributed by atoms with van der Waals surface area (Å²) in [6, 6.07) is 11.3. The van der Waals surface area contributed by atoms with Gasteiger partial charge in [-0.1, -0.05) is 29.8 Å². The van der Waals surface area contributed by atoms with Gasteiger partial charge in [0.1, 0.15) is 5.75 Å². The van der Waals surface area contributed by atoms with Crippen LogP contribution < -0.4 is 4.74 Å². The molecule has 0 aliphatic heterocycles. The van der Waals surface area contributed by atoms with E-state index in [-0.39, 0.29) is 12.4 Å². The van der Waals surface area contributed by atoms with E-state index in [1.165, 1.54) is 7.11 Å². The third kappa shape index (κ3) is 5.05. The summed E-state index contributed by atoms with van der Waals surface area (Å²) in [6.07, 6.45) is 3.35. The van der Waals surface area contributed by atoms with E-state index in [1.807, 2.05) is 51.1 Å². The molecule has 0 bridgehead atoms. The van der Waals surface area contributed by atoms with Gasteiger partial charge in [0.15, 0.2) is 12.4 Å². The van der Waals surface area contributed by atoms with Gasteiger partial charge < -0.3 is 9.47 Å². The van der Waals surface area contributed by atoms with Crippen molar-refractivity contribution in [3.63, 3.8) is 0 Å². The first kappa shape index (κ1) is 18.5. The molecule has 0 saturated heterocycles. The molecule has 2 aromatic carbocycles. The summed E-state index contributed by atoms with van der Waals surface area (Å²) >= 11 is 0. The molecule has 0 saturated carbocycles. The van der Waals surface area contributed by atoms with Gasteiger partial charge in [0.25, 0.3) is 0 Å². The lowest BCUT2D eigenvalue weighted by Crippen LogP contribution is -2.13. The Kier molecular flexibility index (Phi) is 6.12. The van der Waals surface area contributed by atoms with E-state index >= 15 is 0 Å². The molecule has 0 spiro atoms. The maximum atomic E-state index is 12.3. The molecule has 0 N–H and O–H groups in total. The minimum absolute atomic E-state index is 0.0370. The van der Waals surface area contributed by atoms with Crippen LogP contribution in [0, 0.1) is 20.8 Å². The molecule has 2 aromatic rings. The molecule has 4 nitrogen and oxygen atoms in total. The zero-order valence-corrected chi connectivity index (χ0v) is 15.0. The summed E-state index contributed by atoms with van der Waals surface area (Å²) in [7, 11) is 1.32. The van der Waals surface area contributed by atoms with Gasteiger partial charge in [0.05, 0.1) is 7.11 Å². The molecule has 0 radical (unpaired) electrons. The number of carbonyl (C=O) groups excluding carboxylic acids is 2. The van der Waals surface area contributed by atoms with Crippen LogP contribution >= 0.6 is 0 Å². The van der Waals surface area contributed by atoms with Crippen molar-refractivity contribution in [3.05, 3.63) is 70.3 Å². The molecular weight excluding hydrogens is 316 g/mol. The van der Waals surface area contributed by atoms with Gasteiger partial charge in [-0.05, 0) is 61.7 Å². The first-order valence-electron chi connectivity index (χ1n) is 8.00. The van der Waals surface area contributed by atoms with Crippen molar-refractivity contribution in [1.29, 1.82) is 0 Å². The maximum absolute atomic E-state index is 12.3. The van der Waals surface area contributed by atoms with E-state index in [0.717, 1.165) is 22.3 Å². The summed E-state index contributed by atoms with van der Waals surface area (Å²) in [5, 5.41) is 0. The van der Waals surface area contributed by atoms with Crippen LogP contribution in [0.25, 0.3) is 6.08 Å². The highest BCUT2D eigenvalue weighted by atomic mass is 16.6. The van der Waals surface area contributed by atoms with E-state index in [1.54, 1.807) is 18.2 Å². The highest BCUT2D eigenvalue weighted by Gasteiger charge is 2.09. The molecule has 0 aliphatic rings. The topological polar surface area (TPSA) is 52.6 Å². The molecule has 25 heavy (non-hydrogen) atoms. The highest BCUT2D eigenvalue weighted by molar-refractivity contribution is 6.06. The zero-order chi connectivity index (χ0) is 18.4. The van der Waals surface area contributed by atoms with Crippen LogP contribution in [0.15, 0.2) is 42.5 Å². The van der Waals surface area contributed by atoms with E-state index in [2.05, 4.69) is 4.74 Å². The van der Waals surface area contributed by atoms with Gasteiger partial charge in [0.2, 0.25) is 0 Å². The molecule has 0 unspecified atom stereocenters. The van der Waals surface area contributed by atoms with E-state index in [9.17, 15) is 9.59 Å². The molecule has 2 rings (SSSR count). The lowest BCUT2D eigenvalue weighted by atomic mass is 10.0. The number of aryl methyl sites for hydroxylation is 3. The predicted molar refractivity (Wildman–Crippen MR) is 98.0 cm³/mol. The quantitative estimate of drug-likeness (QED) is 0.453. The average Bonchev–Trinajstić information content (AvgIpc) is 2.58. The van der Waals surface area contributed by atoms with Crippen LogP contribution in [0.5, 0.6) is 5.75 Å². The molecule has 0 amide bonds. The second kappa shape index (κ2) is 8.29. The second-order valence-corrected chi connectivity index (χ2v) is 5.92. The SMILES string of the molecule is COC(=O)COc1c(C)cc(/C=C/C(=O)c2cccc(C)c2)cc1C. The van der Waals surface area contributed by atoms with Gasteiger partial charge in [-0.3, -0.25) is 4.79 Å². The minimum Gasteiger partial charge on any atom is -0.481 e. The minimum atomic E-state index is -0.425. The Morgan fingerprint density at radius 1 is 1.04 bits per heavy atom. The summed E-state index contributed by atoms with van der Waals surface area (Å²) in [5.41, 5.74) is 4.42. The van der Waals surface area contributed by atoms with Gasteiger partial charge in [0, 0.05) is 5.56 Å². The summed E-state index contributed by atoms with van der Waals surface area (Å²) in [4.78, 5) is 23.5. The van der Waals surface area contributed by atoms with Gasteiger partial charge in [-0.2, -0.15) is 0 Å². The molecule has 0 heterocycles. The van der Waals surface area contributed by atoms with Crippen LogP contribution in [0.2, 0.25) is 0 Å². The smallest absolute Gasteiger partial charge is 0.343 e. The number of ketones is 1. The van der Waals surface area contributed by atoms with Crippen molar-refractivity contribution >= 4 is 17.8 Å². The monoisotopic (exact) mass is 338 g/mol. The molecular formula is C21H22O4. The Labute approximate surface area is 148 Å². The van der Waals surface area contributed by atoms with Crippen molar-refractivity contribution in [1.82, 2.24) is 0 Å². The normalized spacial score (nSPS) is 10.7. The molecule has 0 fully saturated rings. The molecule has 0 atom stereocenters. The average molecular weight is 338 g/mol. The fraction of sp³-hybridized carbons (Fsp3) is 0.238. The summed E-state index contributed by atoms with van der Waals surface area (Å²) in [6.45, 7) is 5.64. The number of esters is 1. The maximum Gasteiger partial charge on any atom is 0.343 e. The first-order chi connectivity index (χ1) is 11.9. The number of hydrogen-bond acceptors (Lipinski definition) is 4. The number of hydrogen-bond donors (Lipinski definition) is 0. The van der Waals surface area contributed by atoms with E-state index in [0.29, 0.717) is 11.3 Å². The van der Waals surface area contributed by atoms with E-state index in [4.69, 9.17) is 4.74 Å². The highest BCUT2D eigenvalue weighted by Crippen LogP contribution is 2.25. The number of methoxy groups -OCH3 is 1. The lowest BCUT2D eigenvalue weighted by Gasteiger charge is -2.12. The molecule has 0 aromatic heterocycles. The van der Waals surface area contributed by atoms with Crippen LogP contribution in [-0.2, 0) is 9.53 Å². The second-order valence-electron chi connectivity index (χ2n) is 5.92. The van der Waals surface area contributed by atoms with Crippen LogP contribution in [-0.4, -0.2) is 25.5 Å². The fourth-order valence-corrected chi connectivity index (χ4v) is 2.56. The fourth-order valence-electron chi connectivity index (χ4n) is 2.56. The predicted octanol–water partition coefficient (Wildman–Crippen LogP) is 4.06. The number of ether oxygens (including phenoxy) is 2. The zero-order valence-electron chi connectivity index (χ0n) is 15.0. The van der Waals surface area contributed by atoms with Gasteiger partial charge in [-0.15, -0.1) is 0 Å². The van der Waals surface area contributed by atoms with Crippen molar-refractivity contribution in [3.8, 4) is 5.75 Å². The summed E-state index contributed by atoms with van der Waals surface area (Å²) in [5.74, 6) is 0.198. The molecule has 4 heteroatoms. The van der Waals surface area contributed by atoms with Crippen LogP contribution in [0.1, 0.15) is 32.6 Å². The number of rotatable bonds is 6. The van der Waals surface area contributed by atoms with Crippen molar-refractivity contribution in [2.75, 3.05) is 13.7 Å². The standard InChI is InChI=1S/C21H22O4/c1-14-6-5-7-18(10-14)19(22)9-8-17-11-15(2)21(16(3)12-17)25-13-20(23)24-4/h5-12H,13H2,1-4H3/b9-8+. The number of allylic oxidation sites excluding steroid dienone is 1. The Bertz CT molecular complexity index is 795. The van der Waals surface area contributed by atoms with Crippen LogP contribution in [0.3, 0.4) is 0 Å². The van der Waals surface area contributed by atoms with Crippen molar-refractivity contribution in [2.45, 2.75) is 20.8 Å². The third-order valence-corrected chi connectivity index (χ3v) is 3.77. The first-order valence-corrected chi connectivity index (χ1v) is 8.00. The Morgan fingerprint density at radius 2 is 1.72 bits per heavy atom. The molecule has 0 aliphatic carbocycles. The number of benzene rings is 2. The Balaban J connectivity index is 2.15. The third-order valence-electron chi connectivity index (χ3n) is 3.77. The van der Waals surface area contributed by atoms with Gasteiger partial charge >= 0.3 is 5.97 Å². The largest absolute Gasteiger partial charge is 0.481 e. The van der Waals surface area contributed by atoms with Crippen molar-refractivity contribution < 1.29 is 19.1 Å². The lowest BCUT2D eigenvalue weighted by molar-refractivity contribution is -0.142. The van der Waals surface area contributed by atoms with Gasteiger partial charge in [-0.25, -0.2) is 4.79 Å². The summed E-state index contributed by atoms with van der Waals surface area (Å²) < 4.78 is 10.1. The Morgan fingerprint density at radius 3 is 2.32 bits per heavy atom. The van der Waals surface area contributed by atoms with Crippen LogP contribution in [0.4, 0.5) is 0 Å². The Hall–Kier alpha value is -2.88. The van der Waals surface area contributed by atoms with E-state index < -0.39 is 5.97 Å². The number of carbonyl (C=O) groups is 2.